The molecule has 2 N–H and O–H groups in total. The molecule has 2 aromatic rings. The quantitative estimate of drug-likeness (QED) is 0.524. The van der Waals surface area contributed by atoms with Crippen molar-refractivity contribution in [2.45, 2.75) is 5.75 Å². The highest BCUT2D eigenvalue weighted by molar-refractivity contribution is 8.13. The number of nitrogens with two attached hydrogens (primary N) is 1. The lowest BCUT2D eigenvalue weighted by Gasteiger charge is -1.99. The topological polar surface area (TPSA) is 50.7 Å². The van der Waals surface area contributed by atoms with E-state index in [1.54, 1.807) is 0 Å². The summed E-state index contributed by atoms with van der Waals surface area (Å²) in [6, 6.07) is 14.0. The van der Waals surface area contributed by atoms with E-state index in [1.807, 2.05) is 30.3 Å². The van der Waals surface area contributed by atoms with Crippen LogP contribution in [0.3, 0.4) is 0 Å². The number of hydrogen-bond donors (Lipinski definition) is 1. The Labute approximate surface area is 131 Å². The molecule has 0 aromatic heterocycles. The Morgan fingerprint density at radius 1 is 1.24 bits per heavy atom. The molecule has 0 bridgehead atoms. The van der Waals surface area contributed by atoms with E-state index in [0.29, 0.717) is 10.7 Å². The zero-order valence-corrected chi connectivity index (χ0v) is 12.6. The van der Waals surface area contributed by atoms with Crippen molar-refractivity contribution in [1.29, 1.82) is 0 Å². The standard InChI is InChI=1S/C15H13ClFN3S/c16-14-8-13(17)7-6-12(14)9-19-20-15(18)21-10-11-4-2-1-3-5-11/h1-9H,10H2,(H2,18,20). The van der Waals surface area contributed by atoms with Crippen LogP contribution in [-0.4, -0.2) is 11.4 Å². The first-order chi connectivity index (χ1) is 10.1. The van der Waals surface area contributed by atoms with Gasteiger partial charge in [0.15, 0.2) is 5.17 Å². The Hall–Kier alpha value is -1.85. The molecule has 0 spiro atoms. The van der Waals surface area contributed by atoms with Crippen molar-refractivity contribution in [3.8, 4) is 0 Å². The summed E-state index contributed by atoms with van der Waals surface area (Å²) < 4.78 is 12.9. The second-order valence-corrected chi connectivity index (χ2v) is 5.53. The number of benzene rings is 2. The minimum Gasteiger partial charge on any atom is -0.377 e. The molecule has 0 amide bonds. The monoisotopic (exact) mass is 321 g/mol. The highest BCUT2D eigenvalue weighted by Gasteiger charge is 1.99. The molecule has 6 heteroatoms. The zero-order valence-electron chi connectivity index (χ0n) is 11.0. The molecule has 0 fully saturated rings. The Morgan fingerprint density at radius 2 is 2.00 bits per heavy atom. The average molecular weight is 322 g/mol. The summed E-state index contributed by atoms with van der Waals surface area (Å²) in [7, 11) is 0. The van der Waals surface area contributed by atoms with Crippen molar-refractivity contribution in [3.63, 3.8) is 0 Å². The third kappa shape index (κ3) is 5.21. The molecule has 0 aliphatic rings. The molecule has 0 saturated carbocycles. The zero-order chi connectivity index (χ0) is 15.1. The van der Waals surface area contributed by atoms with Crippen LogP contribution in [0.25, 0.3) is 0 Å². The summed E-state index contributed by atoms with van der Waals surface area (Å²) in [6.45, 7) is 0. The number of rotatable bonds is 4. The number of halogens is 2. The van der Waals surface area contributed by atoms with Gasteiger partial charge >= 0.3 is 0 Å². The minimum absolute atomic E-state index is 0.282. The van der Waals surface area contributed by atoms with Gasteiger partial charge in [0.1, 0.15) is 5.82 Å². The Kier molecular flexibility index (Phi) is 5.78. The molecule has 3 nitrogen and oxygen atoms in total. The smallest absolute Gasteiger partial charge is 0.180 e. The van der Waals surface area contributed by atoms with E-state index in [-0.39, 0.29) is 5.02 Å². The largest absolute Gasteiger partial charge is 0.377 e. The van der Waals surface area contributed by atoms with Gasteiger partial charge in [-0.05, 0) is 23.8 Å². The van der Waals surface area contributed by atoms with Crippen molar-refractivity contribution in [3.05, 3.63) is 70.5 Å². The van der Waals surface area contributed by atoms with E-state index in [1.165, 1.54) is 36.2 Å². The van der Waals surface area contributed by atoms with E-state index in [9.17, 15) is 4.39 Å². The predicted molar refractivity (Wildman–Crippen MR) is 88.4 cm³/mol. The van der Waals surface area contributed by atoms with Crippen molar-refractivity contribution >= 4 is 34.7 Å². The molecule has 2 aromatic carbocycles. The molecule has 0 saturated heterocycles. The number of nitrogens with zero attached hydrogens (tertiary/aromatic N) is 2. The Bertz CT molecular complexity index is 659. The van der Waals surface area contributed by atoms with Crippen molar-refractivity contribution in [2.24, 2.45) is 15.9 Å². The summed E-state index contributed by atoms with van der Waals surface area (Å²) in [6.07, 6.45) is 1.44. The molecule has 0 aliphatic heterocycles. The Balaban J connectivity index is 1.92. The molecule has 2 rings (SSSR count). The number of amidine groups is 1. The lowest BCUT2D eigenvalue weighted by atomic mass is 10.2. The molecule has 108 valence electrons. The molecular weight excluding hydrogens is 309 g/mol. The molecule has 21 heavy (non-hydrogen) atoms. The summed E-state index contributed by atoms with van der Waals surface area (Å²) >= 11 is 7.26. The fourth-order valence-electron chi connectivity index (χ4n) is 1.51. The van der Waals surface area contributed by atoms with Crippen LogP contribution in [-0.2, 0) is 5.75 Å². The summed E-state index contributed by atoms with van der Waals surface area (Å²) in [5.74, 6) is 0.335. The van der Waals surface area contributed by atoms with Crippen LogP contribution in [0.5, 0.6) is 0 Å². The minimum atomic E-state index is -0.390. The molecule has 0 aliphatic carbocycles. The van der Waals surface area contributed by atoms with Crippen LogP contribution in [0.1, 0.15) is 11.1 Å². The first-order valence-corrected chi connectivity index (χ1v) is 7.50. The maximum absolute atomic E-state index is 12.9. The van der Waals surface area contributed by atoms with E-state index in [2.05, 4.69) is 10.2 Å². The van der Waals surface area contributed by atoms with Gasteiger partial charge < -0.3 is 5.73 Å². The van der Waals surface area contributed by atoms with E-state index in [0.717, 1.165) is 11.3 Å². The third-order valence-corrected chi connectivity index (χ3v) is 3.73. The SMILES string of the molecule is NC(=NN=Cc1ccc(F)cc1Cl)SCc1ccccc1. The van der Waals surface area contributed by atoms with Gasteiger partial charge in [0.2, 0.25) is 0 Å². The highest BCUT2D eigenvalue weighted by atomic mass is 35.5. The van der Waals surface area contributed by atoms with Crippen LogP contribution in [0.4, 0.5) is 4.39 Å². The molecular formula is C15H13ClFN3S. The molecule has 0 heterocycles. The normalized spacial score (nSPS) is 12.0. The number of hydrogen-bond acceptors (Lipinski definition) is 3. The van der Waals surface area contributed by atoms with Gasteiger partial charge in [-0.3, -0.25) is 0 Å². The maximum Gasteiger partial charge on any atom is 0.180 e. The lowest BCUT2D eigenvalue weighted by molar-refractivity contribution is 0.628. The predicted octanol–water partition coefficient (Wildman–Crippen LogP) is 4.06. The summed E-state index contributed by atoms with van der Waals surface area (Å²) in [5, 5.41) is 8.36. The fraction of sp³-hybridized carbons (Fsp3) is 0.0667. The first-order valence-electron chi connectivity index (χ1n) is 6.13. The average Bonchev–Trinajstić information content (AvgIpc) is 2.48. The van der Waals surface area contributed by atoms with E-state index >= 15 is 0 Å². The summed E-state index contributed by atoms with van der Waals surface area (Å²) in [5.41, 5.74) is 7.50. The van der Waals surface area contributed by atoms with Gasteiger partial charge in [-0.25, -0.2) is 4.39 Å². The lowest BCUT2D eigenvalue weighted by Crippen LogP contribution is -2.06. The van der Waals surface area contributed by atoms with Crippen LogP contribution in [0.15, 0.2) is 58.7 Å². The summed E-state index contributed by atoms with van der Waals surface area (Å²) in [4.78, 5) is 0. The Morgan fingerprint density at radius 3 is 2.71 bits per heavy atom. The van der Waals surface area contributed by atoms with Crippen LogP contribution >= 0.6 is 23.4 Å². The van der Waals surface area contributed by atoms with E-state index < -0.39 is 5.82 Å². The molecule has 0 unspecified atom stereocenters. The second kappa shape index (κ2) is 7.81. The van der Waals surface area contributed by atoms with E-state index in [4.69, 9.17) is 17.3 Å². The van der Waals surface area contributed by atoms with Gasteiger partial charge in [-0.15, -0.1) is 5.10 Å². The third-order valence-electron chi connectivity index (χ3n) is 2.55. The first kappa shape index (κ1) is 15.5. The van der Waals surface area contributed by atoms with Gasteiger partial charge in [0.05, 0.1) is 11.2 Å². The fourth-order valence-corrected chi connectivity index (χ4v) is 2.34. The maximum atomic E-state index is 12.9. The highest BCUT2D eigenvalue weighted by Crippen LogP contribution is 2.15. The van der Waals surface area contributed by atoms with Crippen LogP contribution in [0, 0.1) is 5.82 Å². The van der Waals surface area contributed by atoms with Crippen molar-refractivity contribution in [1.82, 2.24) is 0 Å². The van der Waals surface area contributed by atoms with Crippen LogP contribution < -0.4 is 5.73 Å². The van der Waals surface area contributed by atoms with Crippen LogP contribution in [0.2, 0.25) is 5.02 Å². The van der Waals surface area contributed by atoms with Crippen molar-refractivity contribution in [2.75, 3.05) is 0 Å². The number of thioether (sulfide) groups is 1. The molecule has 0 radical (unpaired) electrons. The van der Waals surface area contributed by atoms with Gasteiger partial charge in [0, 0.05) is 11.3 Å². The second-order valence-electron chi connectivity index (χ2n) is 4.12. The van der Waals surface area contributed by atoms with Gasteiger partial charge in [0.25, 0.3) is 0 Å². The molecule has 0 atom stereocenters. The van der Waals surface area contributed by atoms with Gasteiger partial charge in [-0.2, -0.15) is 5.10 Å². The van der Waals surface area contributed by atoms with Gasteiger partial charge in [-0.1, -0.05) is 53.7 Å². The van der Waals surface area contributed by atoms with Crippen molar-refractivity contribution < 1.29 is 4.39 Å².